The molecule has 1 N–H and O–H groups in total. The van der Waals surface area contributed by atoms with Gasteiger partial charge in [0.2, 0.25) is 0 Å². The first kappa shape index (κ1) is 24.2. The zero-order valence-corrected chi connectivity index (χ0v) is 19.8. The summed E-state index contributed by atoms with van der Waals surface area (Å²) in [6.45, 7) is 9.24. The molecule has 1 aliphatic rings. The Bertz CT molecular complexity index is 591. The Morgan fingerprint density at radius 2 is 2.07 bits per heavy atom. The summed E-state index contributed by atoms with van der Waals surface area (Å²) in [6.07, 6.45) is 3.08. The summed E-state index contributed by atoms with van der Waals surface area (Å²) in [5.41, 5.74) is 3.80. The van der Waals surface area contributed by atoms with E-state index < -0.39 is 0 Å². The van der Waals surface area contributed by atoms with Gasteiger partial charge >= 0.3 is 0 Å². The molecule has 1 aromatic rings. The Balaban J connectivity index is 0.00000364. The third-order valence-electron chi connectivity index (χ3n) is 5.03. The summed E-state index contributed by atoms with van der Waals surface area (Å²) >= 11 is 0. The van der Waals surface area contributed by atoms with E-state index in [0.29, 0.717) is 19.1 Å². The average Bonchev–Trinajstić information content (AvgIpc) is 3.23. The number of aromatic nitrogens is 2. The summed E-state index contributed by atoms with van der Waals surface area (Å²) in [6, 6.07) is 0. The van der Waals surface area contributed by atoms with E-state index in [2.05, 4.69) is 34.2 Å². The molecule has 1 saturated heterocycles. The van der Waals surface area contributed by atoms with Crippen LogP contribution in [0, 0.1) is 5.92 Å². The number of nitrogens with zero attached hydrogens (tertiary/aromatic N) is 4. The van der Waals surface area contributed by atoms with Crippen LogP contribution in [0.1, 0.15) is 37.2 Å². The molecule has 0 aliphatic carbocycles. The molecule has 0 saturated carbocycles. The number of hydrogen-bond acceptors (Lipinski definition) is 4. The van der Waals surface area contributed by atoms with E-state index in [9.17, 15) is 0 Å². The Morgan fingerprint density at radius 3 is 2.70 bits per heavy atom. The van der Waals surface area contributed by atoms with Crippen molar-refractivity contribution >= 4 is 29.9 Å². The molecule has 1 aliphatic heterocycles. The fourth-order valence-electron chi connectivity index (χ4n) is 3.65. The number of aliphatic imine (C=N–C) groups is 1. The van der Waals surface area contributed by atoms with E-state index in [1.54, 1.807) is 7.11 Å². The molecule has 0 radical (unpaired) electrons. The highest BCUT2D eigenvalue weighted by molar-refractivity contribution is 14.0. The summed E-state index contributed by atoms with van der Waals surface area (Å²) in [5.74, 6) is 1.53. The second-order valence-electron chi connectivity index (χ2n) is 6.77. The van der Waals surface area contributed by atoms with Gasteiger partial charge in [-0.05, 0) is 19.3 Å². The second-order valence-corrected chi connectivity index (χ2v) is 6.77. The van der Waals surface area contributed by atoms with Crippen LogP contribution in [0.15, 0.2) is 4.99 Å². The number of halogens is 1. The van der Waals surface area contributed by atoms with Gasteiger partial charge in [0.25, 0.3) is 0 Å². The van der Waals surface area contributed by atoms with Crippen molar-refractivity contribution in [3.63, 3.8) is 0 Å². The molecule has 2 rings (SSSR count). The molecular weight excluding hydrogens is 457 g/mol. The lowest BCUT2D eigenvalue weighted by molar-refractivity contribution is 0.0536. The number of methoxy groups -OCH3 is 1. The van der Waals surface area contributed by atoms with Crippen molar-refractivity contribution in [1.29, 1.82) is 0 Å². The Kier molecular flexibility index (Phi) is 11.2. The standard InChI is InChI=1S/C19H35N5O2.HI/c1-6-17-16(18(7-2)23(4)22-17)12-21-19(20-3)24-9-8-15(13-24)14-26-11-10-25-5;/h15H,6-14H2,1-5H3,(H,20,21);1H. The molecule has 156 valence electrons. The van der Waals surface area contributed by atoms with Gasteiger partial charge in [-0.1, -0.05) is 13.8 Å². The highest BCUT2D eigenvalue weighted by atomic mass is 127. The van der Waals surface area contributed by atoms with Crippen LogP contribution in [0.5, 0.6) is 0 Å². The molecule has 1 atom stereocenters. The number of likely N-dealkylation sites (tertiary alicyclic amines) is 1. The Morgan fingerprint density at radius 1 is 1.30 bits per heavy atom. The minimum absolute atomic E-state index is 0. The molecule has 1 fully saturated rings. The molecule has 1 aromatic heterocycles. The fourth-order valence-corrected chi connectivity index (χ4v) is 3.65. The fraction of sp³-hybridized carbons (Fsp3) is 0.789. The van der Waals surface area contributed by atoms with Crippen LogP contribution in [-0.2, 0) is 35.9 Å². The van der Waals surface area contributed by atoms with E-state index in [1.165, 1.54) is 17.0 Å². The molecule has 0 amide bonds. The lowest BCUT2D eigenvalue weighted by Crippen LogP contribution is -2.40. The summed E-state index contributed by atoms with van der Waals surface area (Å²) in [5, 5.41) is 8.21. The van der Waals surface area contributed by atoms with Crippen LogP contribution in [0.25, 0.3) is 0 Å². The molecule has 1 unspecified atom stereocenters. The largest absolute Gasteiger partial charge is 0.382 e. The molecule has 27 heavy (non-hydrogen) atoms. The Labute approximate surface area is 180 Å². The lowest BCUT2D eigenvalue weighted by atomic mass is 10.1. The van der Waals surface area contributed by atoms with Gasteiger partial charge < -0.3 is 19.7 Å². The van der Waals surface area contributed by atoms with Gasteiger partial charge in [0.15, 0.2) is 5.96 Å². The smallest absolute Gasteiger partial charge is 0.193 e. The van der Waals surface area contributed by atoms with Crippen molar-refractivity contribution in [2.24, 2.45) is 18.0 Å². The average molecular weight is 493 g/mol. The molecule has 0 aromatic carbocycles. The van der Waals surface area contributed by atoms with E-state index in [4.69, 9.17) is 9.47 Å². The molecule has 8 heteroatoms. The van der Waals surface area contributed by atoms with Crippen LogP contribution in [-0.4, -0.2) is 67.7 Å². The van der Waals surface area contributed by atoms with Gasteiger partial charge in [-0.25, -0.2) is 0 Å². The number of aryl methyl sites for hydroxylation is 2. The van der Waals surface area contributed by atoms with Crippen molar-refractivity contribution in [2.75, 3.05) is 47.1 Å². The van der Waals surface area contributed by atoms with E-state index in [1.807, 2.05) is 18.8 Å². The zero-order valence-electron chi connectivity index (χ0n) is 17.5. The van der Waals surface area contributed by atoms with Crippen molar-refractivity contribution in [3.8, 4) is 0 Å². The maximum absolute atomic E-state index is 5.69. The van der Waals surface area contributed by atoms with Crippen LogP contribution in [0.2, 0.25) is 0 Å². The van der Waals surface area contributed by atoms with Gasteiger partial charge in [0.05, 0.1) is 25.5 Å². The Hall–Kier alpha value is -0.870. The van der Waals surface area contributed by atoms with E-state index >= 15 is 0 Å². The van der Waals surface area contributed by atoms with Crippen molar-refractivity contribution in [2.45, 2.75) is 39.7 Å². The predicted molar refractivity (Wildman–Crippen MR) is 120 cm³/mol. The SMILES string of the molecule is CCc1nn(C)c(CC)c1CNC(=NC)N1CCC(COCCOC)C1.I. The van der Waals surface area contributed by atoms with Gasteiger partial charge in [0, 0.05) is 58.0 Å². The number of hydrogen-bond donors (Lipinski definition) is 1. The van der Waals surface area contributed by atoms with Crippen LogP contribution in [0.4, 0.5) is 0 Å². The molecule has 0 spiro atoms. The molecule has 7 nitrogen and oxygen atoms in total. The summed E-state index contributed by atoms with van der Waals surface area (Å²) in [7, 11) is 5.59. The van der Waals surface area contributed by atoms with Gasteiger partial charge in [0.1, 0.15) is 0 Å². The van der Waals surface area contributed by atoms with Crippen LogP contribution in [0.3, 0.4) is 0 Å². The highest BCUT2D eigenvalue weighted by Crippen LogP contribution is 2.18. The molecule has 2 heterocycles. The summed E-state index contributed by atoms with van der Waals surface area (Å²) in [4.78, 5) is 6.82. The topological polar surface area (TPSA) is 63.9 Å². The second kappa shape index (κ2) is 12.6. The van der Waals surface area contributed by atoms with Crippen LogP contribution >= 0.6 is 24.0 Å². The highest BCUT2D eigenvalue weighted by Gasteiger charge is 2.25. The van der Waals surface area contributed by atoms with E-state index in [-0.39, 0.29) is 24.0 Å². The van der Waals surface area contributed by atoms with E-state index in [0.717, 1.165) is 51.5 Å². The predicted octanol–water partition coefficient (Wildman–Crippen LogP) is 2.22. The summed E-state index contributed by atoms with van der Waals surface area (Å²) < 4.78 is 12.7. The third-order valence-corrected chi connectivity index (χ3v) is 5.03. The van der Waals surface area contributed by atoms with Gasteiger partial charge in [-0.2, -0.15) is 5.10 Å². The normalized spacial score (nSPS) is 17.3. The van der Waals surface area contributed by atoms with Gasteiger partial charge in [-0.3, -0.25) is 9.67 Å². The number of nitrogens with one attached hydrogen (secondary N) is 1. The van der Waals surface area contributed by atoms with Gasteiger partial charge in [-0.15, -0.1) is 24.0 Å². The van der Waals surface area contributed by atoms with Crippen molar-refractivity contribution in [3.05, 3.63) is 17.0 Å². The molecular formula is C19H36IN5O2. The maximum Gasteiger partial charge on any atom is 0.193 e. The first-order valence-electron chi connectivity index (χ1n) is 9.70. The first-order valence-corrected chi connectivity index (χ1v) is 9.70. The maximum atomic E-state index is 5.69. The third kappa shape index (κ3) is 6.60. The van der Waals surface area contributed by atoms with Crippen molar-refractivity contribution in [1.82, 2.24) is 20.0 Å². The zero-order chi connectivity index (χ0) is 18.9. The lowest BCUT2D eigenvalue weighted by Gasteiger charge is -2.22. The molecule has 0 bridgehead atoms. The van der Waals surface area contributed by atoms with Crippen molar-refractivity contribution < 1.29 is 9.47 Å². The number of guanidine groups is 1. The number of ether oxygens (including phenoxy) is 2. The first-order chi connectivity index (χ1) is 12.6. The quantitative estimate of drug-likeness (QED) is 0.248. The minimum atomic E-state index is 0. The van der Waals surface area contributed by atoms with Crippen LogP contribution < -0.4 is 5.32 Å². The monoisotopic (exact) mass is 493 g/mol. The minimum Gasteiger partial charge on any atom is -0.382 e. The number of rotatable bonds is 9.